The van der Waals surface area contributed by atoms with Crippen molar-refractivity contribution in [2.24, 2.45) is 5.41 Å². The van der Waals surface area contributed by atoms with E-state index in [4.69, 9.17) is 19.1 Å². The number of aliphatic carboxylic acids is 1. The number of likely N-dealkylation sites (tertiary alicyclic amines) is 1. The third-order valence-electron chi connectivity index (χ3n) is 5.93. The highest BCUT2D eigenvalue weighted by Crippen LogP contribution is 2.44. The molecule has 1 spiro atoms. The molecule has 0 saturated carbocycles. The predicted octanol–water partition coefficient (Wildman–Crippen LogP) is 3.21. The summed E-state index contributed by atoms with van der Waals surface area (Å²) >= 11 is 0. The number of methoxy groups -OCH3 is 1. The predicted molar refractivity (Wildman–Crippen MR) is 109 cm³/mol. The fourth-order valence-corrected chi connectivity index (χ4v) is 4.37. The molecule has 0 amide bonds. The number of hydrogen-bond acceptors (Lipinski definition) is 7. The van der Waals surface area contributed by atoms with E-state index in [2.05, 4.69) is 25.8 Å². The van der Waals surface area contributed by atoms with E-state index in [0.29, 0.717) is 11.5 Å². The van der Waals surface area contributed by atoms with Gasteiger partial charge >= 0.3 is 12.1 Å². The van der Waals surface area contributed by atoms with Gasteiger partial charge in [0.2, 0.25) is 5.95 Å². The van der Waals surface area contributed by atoms with E-state index in [9.17, 15) is 13.2 Å². The quantitative estimate of drug-likeness (QED) is 0.734. The zero-order valence-electron chi connectivity index (χ0n) is 17.8. The molecule has 1 unspecified atom stereocenters. The molecule has 32 heavy (non-hydrogen) atoms. The summed E-state index contributed by atoms with van der Waals surface area (Å²) in [7, 11) is 1.78. The third kappa shape index (κ3) is 6.19. The van der Waals surface area contributed by atoms with Crippen molar-refractivity contribution in [3.8, 4) is 0 Å². The fraction of sp³-hybridized carbons (Fsp3) is 0.571. The molecule has 2 fully saturated rings. The number of ether oxygens (including phenoxy) is 1. The monoisotopic (exact) mass is 456 g/mol. The number of nitrogens with zero attached hydrogens (tertiary/aromatic N) is 4. The number of alkyl halides is 3. The first kappa shape index (κ1) is 24.0. The third-order valence-corrected chi connectivity index (χ3v) is 5.93. The van der Waals surface area contributed by atoms with Crippen LogP contribution in [0.2, 0.25) is 0 Å². The smallest absolute Gasteiger partial charge is 0.475 e. The Morgan fingerprint density at radius 3 is 2.50 bits per heavy atom. The molecule has 2 aromatic heterocycles. The number of aromatic nitrogens is 2. The highest BCUT2D eigenvalue weighted by atomic mass is 19.4. The van der Waals surface area contributed by atoms with Gasteiger partial charge < -0.3 is 19.2 Å². The zero-order valence-corrected chi connectivity index (χ0v) is 17.8. The van der Waals surface area contributed by atoms with E-state index >= 15 is 0 Å². The normalized spacial score (nSPS) is 20.8. The number of carboxylic acid groups (broad SMARTS) is 1. The van der Waals surface area contributed by atoms with Crippen molar-refractivity contribution < 1.29 is 32.2 Å². The first-order valence-corrected chi connectivity index (χ1v) is 10.3. The Labute approximate surface area is 184 Å². The van der Waals surface area contributed by atoms with Crippen LogP contribution in [0.15, 0.2) is 41.5 Å². The lowest BCUT2D eigenvalue weighted by atomic mass is 9.76. The molecule has 4 heterocycles. The van der Waals surface area contributed by atoms with Crippen molar-refractivity contribution in [3.63, 3.8) is 0 Å². The Balaban J connectivity index is 0.000000360. The van der Waals surface area contributed by atoms with Gasteiger partial charge in [-0.1, -0.05) is 0 Å². The number of carbonyl (C=O) groups is 1. The second kappa shape index (κ2) is 10.3. The largest absolute Gasteiger partial charge is 0.490 e. The van der Waals surface area contributed by atoms with Crippen LogP contribution in [0, 0.1) is 5.41 Å². The van der Waals surface area contributed by atoms with Crippen LogP contribution in [-0.4, -0.2) is 71.5 Å². The van der Waals surface area contributed by atoms with Crippen molar-refractivity contribution in [1.82, 2.24) is 14.9 Å². The number of piperidine rings is 1. The van der Waals surface area contributed by atoms with Gasteiger partial charge in [-0.05, 0) is 49.9 Å². The Hall–Kier alpha value is -2.66. The van der Waals surface area contributed by atoms with Crippen LogP contribution in [0.3, 0.4) is 0 Å². The molecule has 0 aromatic carbocycles. The van der Waals surface area contributed by atoms with Crippen molar-refractivity contribution in [2.75, 3.05) is 38.3 Å². The average molecular weight is 456 g/mol. The van der Waals surface area contributed by atoms with Crippen LogP contribution in [0.4, 0.5) is 19.1 Å². The molecule has 2 saturated heterocycles. The summed E-state index contributed by atoms with van der Waals surface area (Å²) in [5.41, 5.74) is 1.62. The van der Waals surface area contributed by atoms with Crippen molar-refractivity contribution in [2.45, 2.75) is 38.0 Å². The summed E-state index contributed by atoms with van der Waals surface area (Å²) in [6.07, 6.45) is 5.77. The molecule has 2 aromatic rings. The molecule has 2 aliphatic rings. The van der Waals surface area contributed by atoms with Gasteiger partial charge in [0.1, 0.15) is 0 Å². The van der Waals surface area contributed by atoms with Gasteiger partial charge in [0, 0.05) is 38.2 Å². The van der Waals surface area contributed by atoms with Crippen molar-refractivity contribution >= 4 is 11.9 Å². The molecule has 176 valence electrons. The van der Waals surface area contributed by atoms with Crippen LogP contribution >= 0.6 is 0 Å². The lowest BCUT2D eigenvalue weighted by molar-refractivity contribution is -0.192. The molecule has 0 aliphatic carbocycles. The minimum absolute atomic E-state index is 0.356. The second-order valence-electron chi connectivity index (χ2n) is 8.20. The van der Waals surface area contributed by atoms with E-state index in [1.54, 1.807) is 13.4 Å². The molecule has 11 heteroatoms. The summed E-state index contributed by atoms with van der Waals surface area (Å²) in [6, 6.07) is 4.30. The maximum absolute atomic E-state index is 10.6. The van der Waals surface area contributed by atoms with Crippen molar-refractivity contribution in [1.29, 1.82) is 0 Å². The second-order valence-corrected chi connectivity index (χ2v) is 8.20. The highest BCUT2D eigenvalue weighted by molar-refractivity contribution is 5.73. The lowest BCUT2D eigenvalue weighted by Gasteiger charge is -2.39. The molecule has 0 bridgehead atoms. The van der Waals surface area contributed by atoms with E-state index in [0.717, 1.165) is 38.7 Å². The van der Waals surface area contributed by atoms with Gasteiger partial charge in [-0.25, -0.2) is 14.8 Å². The first-order valence-electron chi connectivity index (χ1n) is 10.3. The maximum atomic E-state index is 10.6. The van der Waals surface area contributed by atoms with E-state index in [1.165, 1.54) is 24.8 Å². The Morgan fingerprint density at radius 2 is 1.97 bits per heavy atom. The van der Waals surface area contributed by atoms with Gasteiger partial charge in [-0.15, -0.1) is 0 Å². The number of rotatable bonds is 5. The summed E-state index contributed by atoms with van der Waals surface area (Å²) in [5, 5.41) is 7.12. The molecule has 1 atom stereocenters. The van der Waals surface area contributed by atoms with E-state index in [-0.39, 0.29) is 0 Å². The number of halogens is 3. The van der Waals surface area contributed by atoms with Crippen molar-refractivity contribution in [3.05, 3.63) is 42.6 Å². The molecule has 2 aliphatic heterocycles. The maximum Gasteiger partial charge on any atom is 0.490 e. The van der Waals surface area contributed by atoms with Gasteiger partial charge in [0.15, 0.2) is 0 Å². The Morgan fingerprint density at radius 1 is 1.31 bits per heavy atom. The zero-order chi connectivity index (χ0) is 23.2. The topological polar surface area (TPSA) is 91.9 Å². The van der Waals surface area contributed by atoms with Crippen LogP contribution in [0.5, 0.6) is 0 Å². The lowest BCUT2D eigenvalue weighted by Crippen LogP contribution is -2.41. The van der Waals surface area contributed by atoms with Gasteiger partial charge in [-0.3, -0.25) is 4.90 Å². The number of anilines is 1. The molecule has 0 radical (unpaired) electrons. The number of furan rings is 1. The van der Waals surface area contributed by atoms with Gasteiger partial charge in [-0.2, -0.15) is 13.2 Å². The van der Waals surface area contributed by atoms with E-state index in [1.807, 2.05) is 24.7 Å². The Bertz CT molecular complexity index is 840. The van der Waals surface area contributed by atoms with Crippen LogP contribution < -0.4 is 4.90 Å². The average Bonchev–Trinajstić information content (AvgIpc) is 3.39. The summed E-state index contributed by atoms with van der Waals surface area (Å²) in [4.78, 5) is 22.7. The molecule has 4 rings (SSSR count). The minimum Gasteiger partial charge on any atom is -0.475 e. The molecular formula is C21H27F3N4O4. The standard InChI is InChI=1S/C19H26N4O2.C2HF3O2/c1-24-14-17-11-19(15-23(17)18-20-6-2-7-21-18)4-8-22(9-5-19)12-16-3-10-25-13-16;3-2(4,5)1(6)7/h2-3,6-7,10,13,17H,4-5,8-9,11-12,14-15H2,1H3;(H,6,7). The van der Waals surface area contributed by atoms with Crippen LogP contribution in [-0.2, 0) is 16.1 Å². The number of carboxylic acids is 1. The Kier molecular flexibility index (Phi) is 7.73. The fourth-order valence-electron chi connectivity index (χ4n) is 4.37. The highest BCUT2D eigenvalue weighted by Gasteiger charge is 2.46. The van der Waals surface area contributed by atoms with Gasteiger partial charge in [0.25, 0.3) is 0 Å². The minimum atomic E-state index is -5.08. The van der Waals surface area contributed by atoms with Crippen LogP contribution in [0.1, 0.15) is 24.8 Å². The summed E-state index contributed by atoms with van der Waals surface area (Å²) in [6.45, 7) is 5.02. The van der Waals surface area contributed by atoms with Crippen LogP contribution in [0.25, 0.3) is 0 Å². The first-order chi connectivity index (χ1) is 15.2. The number of hydrogen-bond donors (Lipinski definition) is 1. The molecule has 1 N–H and O–H groups in total. The molecule has 8 nitrogen and oxygen atoms in total. The summed E-state index contributed by atoms with van der Waals surface area (Å²) < 4.78 is 42.4. The SMILES string of the molecule is COCC1CC2(CCN(Cc3ccoc3)CC2)CN1c1ncccn1.O=C(O)C(F)(F)F. The van der Waals surface area contributed by atoms with Gasteiger partial charge in [0.05, 0.1) is 25.2 Å². The summed E-state index contributed by atoms with van der Waals surface area (Å²) in [5.74, 6) is -1.92. The molecular weight excluding hydrogens is 429 g/mol. The van der Waals surface area contributed by atoms with E-state index < -0.39 is 12.1 Å².